The van der Waals surface area contributed by atoms with Crippen molar-refractivity contribution in [2.75, 3.05) is 26.7 Å². The fourth-order valence-electron chi connectivity index (χ4n) is 4.75. The summed E-state index contributed by atoms with van der Waals surface area (Å²) in [5, 5.41) is 0. The number of benzene rings is 2. The van der Waals surface area contributed by atoms with Crippen LogP contribution >= 0.6 is 12.4 Å². The summed E-state index contributed by atoms with van der Waals surface area (Å²) >= 11 is 0. The van der Waals surface area contributed by atoms with E-state index in [-0.39, 0.29) is 30.2 Å². The van der Waals surface area contributed by atoms with Crippen molar-refractivity contribution in [3.63, 3.8) is 0 Å². The first-order valence-electron chi connectivity index (χ1n) is 9.26. The lowest BCUT2D eigenvalue weighted by atomic mass is 9.89. The largest absolute Gasteiger partial charge is 0.338 e. The van der Waals surface area contributed by atoms with Crippen LogP contribution in [0.2, 0.25) is 0 Å². The van der Waals surface area contributed by atoms with E-state index in [1.165, 1.54) is 6.07 Å². The molecule has 0 unspecified atom stereocenters. The zero-order chi connectivity index (χ0) is 18.4. The van der Waals surface area contributed by atoms with Crippen LogP contribution in [0.15, 0.2) is 42.5 Å². The van der Waals surface area contributed by atoms with Crippen LogP contribution in [-0.4, -0.2) is 42.4 Å². The predicted molar refractivity (Wildman–Crippen MR) is 108 cm³/mol. The van der Waals surface area contributed by atoms with Gasteiger partial charge < -0.3 is 4.90 Å². The van der Waals surface area contributed by atoms with E-state index in [9.17, 15) is 9.18 Å². The van der Waals surface area contributed by atoms with Crippen molar-refractivity contribution >= 4 is 18.3 Å². The topological polar surface area (TPSA) is 23.6 Å². The van der Waals surface area contributed by atoms with Crippen molar-refractivity contribution in [1.82, 2.24) is 9.80 Å². The van der Waals surface area contributed by atoms with Crippen molar-refractivity contribution in [1.29, 1.82) is 0 Å². The fraction of sp³-hybridized carbons (Fsp3) is 0.409. The third-order valence-corrected chi connectivity index (χ3v) is 6.00. The first-order chi connectivity index (χ1) is 12.4. The molecule has 2 heterocycles. The number of hydrogen-bond donors (Lipinski definition) is 0. The van der Waals surface area contributed by atoms with Crippen molar-refractivity contribution in [3.05, 3.63) is 70.5 Å². The van der Waals surface area contributed by atoms with Gasteiger partial charge in [-0.2, -0.15) is 0 Å². The number of halogens is 2. The molecule has 0 saturated carbocycles. The number of carbonyl (C=O) groups is 1. The lowest BCUT2D eigenvalue weighted by Crippen LogP contribution is -2.33. The van der Waals surface area contributed by atoms with Crippen LogP contribution in [0.3, 0.4) is 0 Å². The summed E-state index contributed by atoms with van der Waals surface area (Å²) in [7, 11) is 2.10. The van der Waals surface area contributed by atoms with E-state index in [1.807, 2.05) is 43.0 Å². The number of amides is 1. The molecule has 2 aromatic rings. The fourth-order valence-corrected chi connectivity index (χ4v) is 4.75. The molecule has 2 aromatic carbocycles. The highest BCUT2D eigenvalue weighted by Gasteiger charge is 2.47. The van der Waals surface area contributed by atoms with Crippen molar-refractivity contribution in [2.45, 2.75) is 19.9 Å². The summed E-state index contributed by atoms with van der Waals surface area (Å²) in [6.45, 7) is 6.48. The lowest BCUT2D eigenvalue weighted by Gasteiger charge is -2.27. The lowest BCUT2D eigenvalue weighted by molar-refractivity contribution is 0.0767. The van der Waals surface area contributed by atoms with E-state index in [1.54, 1.807) is 12.1 Å². The number of carbonyl (C=O) groups excluding carboxylic acids is 1. The molecular weight excluding hydrogens is 363 g/mol. The molecule has 2 aliphatic rings. The Morgan fingerprint density at radius 2 is 1.85 bits per heavy atom. The van der Waals surface area contributed by atoms with E-state index in [2.05, 4.69) is 11.9 Å². The molecule has 0 aliphatic carbocycles. The molecule has 0 bridgehead atoms. The van der Waals surface area contributed by atoms with Crippen molar-refractivity contribution in [3.8, 4) is 0 Å². The van der Waals surface area contributed by atoms with Gasteiger partial charge in [-0.05, 0) is 56.1 Å². The third-order valence-electron chi connectivity index (χ3n) is 6.00. The standard InChI is InChI=1S/C22H25FN2O.ClH/c1-14-7-8-15(2)19(9-14)22(26)25-12-17-11-24(3)21(20(17)13-25)16-5-4-6-18(23)10-16;/h4-10,17,20-21H,11-13H2,1-3H3;1H/t17-,20+,21-;/m0./s1. The average molecular weight is 389 g/mol. The number of rotatable bonds is 2. The summed E-state index contributed by atoms with van der Waals surface area (Å²) in [4.78, 5) is 17.4. The molecule has 1 amide bonds. The molecule has 3 nitrogen and oxygen atoms in total. The molecule has 2 saturated heterocycles. The Morgan fingerprint density at radius 3 is 2.59 bits per heavy atom. The summed E-state index contributed by atoms with van der Waals surface area (Å²) in [5.41, 5.74) is 3.95. The molecule has 3 atom stereocenters. The van der Waals surface area contributed by atoms with E-state index in [0.717, 1.165) is 41.9 Å². The highest BCUT2D eigenvalue weighted by Crippen LogP contribution is 2.44. The Labute approximate surface area is 166 Å². The molecule has 0 N–H and O–H groups in total. The second-order valence-corrected chi connectivity index (χ2v) is 7.89. The van der Waals surface area contributed by atoms with Gasteiger partial charge in [-0.15, -0.1) is 12.4 Å². The Morgan fingerprint density at radius 1 is 1.07 bits per heavy atom. The van der Waals surface area contributed by atoms with Crippen LogP contribution in [0.1, 0.15) is 33.1 Å². The Balaban J connectivity index is 0.00000210. The summed E-state index contributed by atoms with van der Waals surface area (Å²) in [5.74, 6) is 0.736. The molecule has 27 heavy (non-hydrogen) atoms. The number of aryl methyl sites for hydroxylation is 2. The number of likely N-dealkylation sites (tertiary alicyclic amines) is 2. The number of hydrogen-bond acceptors (Lipinski definition) is 2. The Kier molecular flexibility index (Phi) is 5.59. The SMILES string of the molecule is Cc1ccc(C)c(C(=O)N2C[C@@H]3CN(C)[C@@H](c4cccc(F)c4)[C@@H]3C2)c1.Cl. The molecule has 0 radical (unpaired) electrons. The molecular formula is C22H26ClFN2O. The third kappa shape index (κ3) is 3.61. The van der Waals surface area contributed by atoms with Crippen molar-refractivity contribution < 1.29 is 9.18 Å². The maximum Gasteiger partial charge on any atom is 0.254 e. The van der Waals surface area contributed by atoms with Crippen LogP contribution in [0, 0.1) is 31.5 Å². The molecule has 0 aromatic heterocycles. The van der Waals surface area contributed by atoms with Crippen molar-refractivity contribution in [2.24, 2.45) is 11.8 Å². The van der Waals surface area contributed by atoms with Gasteiger partial charge in [0.2, 0.25) is 0 Å². The van der Waals surface area contributed by atoms with Gasteiger partial charge in [0.1, 0.15) is 5.82 Å². The quantitative estimate of drug-likeness (QED) is 0.768. The molecule has 144 valence electrons. The first kappa shape index (κ1) is 19.8. The van der Waals surface area contributed by atoms with Crippen LogP contribution in [0.4, 0.5) is 4.39 Å². The predicted octanol–water partition coefficient (Wildman–Crippen LogP) is 4.24. The van der Waals surface area contributed by atoms with Crippen LogP contribution < -0.4 is 0 Å². The van der Waals surface area contributed by atoms with E-state index < -0.39 is 0 Å². The molecule has 0 spiro atoms. The molecule has 2 aliphatic heterocycles. The Hall–Kier alpha value is -1.91. The monoisotopic (exact) mass is 388 g/mol. The summed E-state index contributed by atoms with van der Waals surface area (Å²) < 4.78 is 13.7. The normalized spacial score (nSPS) is 24.6. The van der Waals surface area contributed by atoms with Gasteiger partial charge in [-0.25, -0.2) is 4.39 Å². The Bertz CT molecular complexity index is 856. The highest BCUT2D eigenvalue weighted by molar-refractivity contribution is 5.96. The van der Waals surface area contributed by atoms with Crippen LogP contribution in [0.25, 0.3) is 0 Å². The van der Waals surface area contributed by atoms with Gasteiger partial charge in [0.25, 0.3) is 5.91 Å². The average Bonchev–Trinajstić information content (AvgIpc) is 3.13. The van der Waals surface area contributed by atoms with Gasteiger partial charge in [-0.1, -0.05) is 29.8 Å². The van der Waals surface area contributed by atoms with Gasteiger partial charge in [0.05, 0.1) is 0 Å². The zero-order valence-electron chi connectivity index (χ0n) is 16.0. The zero-order valence-corrected chi connectivity index (χ0v) is 16.8. The van der Waals surface area contributed by atoms with E-state index in [4.69, 9.17) is 0 Å². The second kappa shape index (κ2) is 7.61. The summed E-state index contributed by atoms with van der Waals surface area (Å²) in [6, 6.07) is 13.1. The van der Waals surface area contributed by atoms with Gasteiger partial charge >= 0.3 is 0 Å². The maximum absolute atomic E-state index is 13.7. The van der Waals surface area contributed by atoms with E-state index >= 15 is 0 Å². The van der Waals surface area contributed by atoms with Gasteiger partial charge in [0.15, 0.2) is 0 Å². The minimum absolute atomic E-state index is 0. The van der Waals surface area contributed by atoms with Crippen LogP contribution in [-0.2, 0) is 0 Å². The van der Waals surface area contributed by atoms with E-state index in [0.29, 0.717) is 11.8 Å². The van der Waals surface area contributed by atoms with Gasteiger partial charge in [-0.3, -0.25) is 9.69 Å². The number of nitrogens with zero attached hydrogens (tertiary/aromatic N) is 2. The molecule has 2 fully saturated rings. The maximum atomic E-state index is 13.7. The minimum atomic E-state index is -0.194. The smallest absolute Gasteiger partial charge is 0.254 e. The van der Waals surface area contributed by atoms with Gasteiger partial charge in [0, 0.05) is 37.2 Å². The number of fused-ring (bicyclic) bond motifs is 1. The first-order valence-corrected chi connectivity index (χ1v) is 9.26. The highest BCUT2D eigenvalue weighted by atomic mass is 35.5. The minimum Gasteiger partial charge on any atom is -0.338 e. The molecule has 5 heteroatoms. The molecule has 4 rings (SSSR count). The summed E-state index contributed by atoms with van der Waals surface area (Å²) in [6.07, 6.45) is 0. The second-order valence-electron chi connectivity index (χ2n) is 7.89. The van der Waals surface area contributed by atoms with Crippen LogP contribution in [0.5, 0.6) is 0 Å².